The van der Waals surface area contributed by atoms with E-state index < -0.39 is 12.6 Å². The second-order valence-electron chi connectivity index (χ2n) is 2.86. The van der Waals surface area contributed by atoms with Crippen LogP contribution in [-0.4, -0.2) is 17.8 Å². The standard InChI is InChI=1S/C9H9ClF3NO/c10-8-7(3-1-5-14-8)15-6-2-4-9(11,12)13/h1,3,5H,2,4,6H2. The summed E-state index contributed by atoms with van der Waals surface area (Å²) in [6, 6.07) is 3.16. The highest BCUT2D eigenvalue weighted by Gasteiger charge is 2.26. The lowest BCUT2D eigenvalue weighted by molar-refractivity contribution is -0.136. The molecule has 0 aliphatic heterocycles. The van der Waals surface area contributed by atoms with Gasteiger partial charge in [0.15, 0.2) is 10.9 Å². The van der Waals surface area contributed by atoms with Crippen LogP contribution in [0.1, 0.15) is 12.8 Å². The maximum atomic E-state index is 11.8. The van der Waals surface area contributed by atoms with Crippen molar-refractivity contribution in [3.63, 3.8) is 0 Å². The summed E-state index contributed by atoms with van der Waals surface area (Å²) in [6.07, 6.45) is -3.60. The van der Waals surface area contributed by atoms with E-state index in [9.17, 15) is 13.2 Å². The van der Waals surface area contributed by atoms with Gasteiger partial charge in [-0.15, -0.1) is 0 Å². The van der Waals surface area contributed by atoms with Gasteiger partial charge in [-0.2, -0.15) is 13.2 Å². The largest absolute Gasteiger partial charge is 0.490 e. The topological polar surface area (TPSA) is 22.1 Å². The highest BCUT2D eigenvalue weighted by atomic mass is 35.5. The predicted molar refractivity (Wildman–Crippen MR) is 50.0 cm³/mol. The third-order valence-corrected chi connectivity index (χ3v) is 1.87. The van der Waals surface area contributed by atoms with Gasteiger partial charge in [-0.3, -0.25) is 0 Å². The van der Waals surface area contributed by atoms with E-state index in [1.807, 2.05) is 0 Å². The molecule has 0 atom stereocenters. The first-order valence-electron chi connectivity index (χ1n) is 4.29. The maximum Gasteiger partial charge on any atom is 0.389 e. The minimum atomic E-state index is -4.14. The summed E-state index contributed by atoms with van der Waals surface area (Å²) in [6.45, 7) is -0.0229. The van der Waals surface area contributed by atoms with Crippen molar-refractivity contribution < 1.29 is 17.9 Å². The van der Waals surface area contributed by atoms with E-state index in [0.717, 1.165) is 0 Å². The van der Waals surface area contributed by atoms with Gasteiger partial charge in [0.2, 0.25) is 0 Å². The lowest BCUT2D eigenvalue weighted by atomic mass is 10.3. The van der Waals surface area contributed by atoms with Gasteiger partial charge >= 0.3 is 6.18 Å². The summed E-state index contributed by atoms with van der Waals surface area (Å²) in [7, 11) is 0. The molecule has 0 bridgehead atoms. The van der Waals surface area contributed by atoms with Crippen LogP contribution in [0, 0.1) is 0 Å². The van der Waals surface area contributed by atoms with Crippen molar-refractivity contribution in [2.75, 3.05) is 6.61 Å². The van der Waals surface area contributed by atoms with Gasteiger partial charge in [-0.1, -0.05) is 11.6 Å². The molecule has 0 fully saturated rings. The zero-order valence-electron chi connectivity index (χ0n) is 7.72. The molecule has 0 spiro atoms. The van der Waals surface area contributed by atoms with E-state index in [1.54, 1.807) is 12.1 Å². The maximum absolute atomic E-state index is 11.8. The highest BCUT2D eigenvalue weighted by molar-refractivity contribution is 6.30. The minimum Gasteiger partial charge on any atom is -0.490 e. The number of halogens is 4. The van der Waals surface area contributed by atoms with Crippen LogP contribution in [0.15, 0.2) is 18.3 Å². The second kappa shape index (κ2) is 5.21. The molecule has 0 aliphatic rings. The van der Waals surface area contributed by atoms with Crippen molar-refractivity contribution >= 4 is 11.6 Å². The van der Waals surface area contributed by atoms with Crippen LogP contribution < -0.4 is 4.74 Å². The molecule has 1 aromatic heterocycles. The average molecular weight is 240 g/mol. The number of hydrogen-bond acceptors (Lipinski definition) is 2. The van der Waals surface area contributed by atoms with Crippen LogP contribution >= 0.6 is 11.6 Å². The van der Waals surface area contributed by atoms with Crippen molar-refractivity contribution in [2.24, 2.45) is 0 Å². The molecular weight excluding hydrogens is 231 g/mol. The van der Waals surface area contributed by atoms with Gasteiger partial charge in [0.05, 0.1) is 6.61 Å². The molecule has 84 valence electrons. The Morgan fingerprint density at radius 1 is 1.40 bits per heavy atom. The first kappa shape index (κ1) is 12.1. The number of nitrogens with zero attached hydrogens (tertiary/aromatic N) is 1. The van der Waals surface area contributed by atoms with Gasteiger partial charge in [-0.05, 0) is 18.6 Å². The number of alkyl halides is 3. The Kier molecular flexibility index (Phi) is 4.20. The fourth-order valence-electron chi connectivity index (χ4n) is 0.934. The van der Waals surface area contributed by atoms with E-state index in [2.05, 4.69) is 4.98 Å². The number of pyridine rings is 1. The molecule has 1 heterocycles. The van der Waals surface area contributed by atoms with Gasteiger partial charge < -0.3 is 4.74 Å². The summed E-state index contributed by atoms with van der Waals surface area (Å²) in [5.41, 5.74) is 0. The van der Waals surface area contributed by atoms with Gasteiger partial charge in [0.25, 0.3) is 0 Å². The molecule has 1 rings (SSSR count). The monoisotopic (exact) mass is 239 g/mol. The molecule has 6 heteroatoms. The van der Waals surface area contributed by atoms with E-state index in [0.29, 0.717) is 5.75 Å². The van der Waals surface area contributed by atoms with Crippen LogP contribution in [0.3, 0.4) is 0 Å². The predicted octanol–water partition coefficient (Wildman–Crippen LogP) is 3.46. The zero-order chi connectivity index (χ0) is 11.3. The molecule has 0 amide bonds. The molecule has 0 radical (unpaired) electrons. The molecule has 0 unspecified atom stereocenters. The van der Waals surface area contributed by atoms with Crippen LogP contribution in [0.5, 0.6) is 5.75 Å². The Labute approximate surface area is 90.0 Å². The Morgan fingerprint density at radius 2 is 2.13 bits per heavy atom. The molecule has 15 heavy (non-hydrogen) atoms. The zero-order valence-corrected chi connectivity index (χ0v) is 8.48. The summed E-state index contributed by atoms with van der Waals surface area (Å²) >= 11 is 5.63. The lowest BCUT2D eigenvalue weighted by Crippen LogP contribution is -2.09. The van der Waals surface area contributed by atoms with Gasteiger partial charge in [0, 0.05) is 12.6 Å². The smallest absolute Gasteiger partial charge is 0.389 e. The summed E-state index contributed by atoms with van der Waals surface area (Å²) < 4.78 is 40.3. The quantitative estimate of drug-likeness (QED) is 0.593. The van der Waals surface area contributed by atoms with Crippen molar-refractivity contribution in [2.45, 2.75) is 19.0 Å². The molecule has 1 aromatic rings. The summed E-state index contributed by atoms with van der Waals surface area (Å²) in [4.78, 5) is 3.72. The van der Waals surface area contributed by atoms with Crippen molar-refractivity contribution in [3.05, 3.63) is 23.5 Å². The third kappa shape index (κ3) is 4.88. The first-order valence-corrected chi connectivity index (χ1v) is 4.67. The molecular formula is C9H9ClF3NO. The Morgan fingerprint density at radius 3 is 2.73 bits per heavy atom. The highest BCUT2D eigenvalue weighted by Crippen LogP contribution is 2.23. The van der Waals surface area contributed by atoms with Crippen LogP contribution in [0.4, 0.5) is 13.2 Å². The van der Waals surface area contributed by atoms with Crippen molar-refractivity contribution in [3.8, 4) is 5.75 Å². The molecule has 0 aliphatic carbocycles. The van der Waals surface area contributed by atoms with Crippen LogP contribution in [0.2, 0.25) is 5.15 Å². The average Bonchev–Trinajstić information content (AvgIpc) is 2.13. The Bertz CT molecular complexity index is 316. The fourth-order valence-corrected chi connectivity index (χ4v) is 1.11. The van der Waals surface area contributed by atoms with E-state index >= 15 is 0 Å². The molecule has 0 saturated carbocycles. The lowest BCUT2D eigenvalue weighted by Gasteiger charge is -2.08. The normalized spacial score (nSPS) is 11.5. The summed E-state index contributed by atoms with van der Waals surface area (Å²) in [5.74, 6) is 0.307. The number of ether oxygens (including phenoxy) is 1. The molecule has 0 saturated heterocycles. The fraction of sp³-hybridized carbons (Fsp3) is 0.444. The molecule has 2 nitrogen and oxygen atoms in total. The number of hydrogen-bond donors (Lipinski definition) is 0. The van der Waals surface area contributed by atoms with Crippen LogP contribution in [0.25, 0.3) is 0 Å². The number of rotatable bonds is 4. The van der Waals surface area contributed by atoms with Crippen molar-refractivity contribution in [1.29, 1.82) is 0 Å². The second-order valence-corrected chi connectivity index (χ2v) is 3.22. The van der Waals surface area contributed by atoms with E-state index in [4.69, 9.17) is 16.3 Å². The van der Waals surface area contributed by atoms with Gasteiger partial charge in [0.1, 0.15) is 0 Å². The van der Waals surface area contributed by atoms with Crippen LogP contribution in [-0.2, 0) is 0 Å². The molecule has 0 aromatic carbocycles. The van der Waals surface area contributed by atoms with E-state index in [1.165, 1.54) is 6.20 Å². The van der Waals surface area contributed by atoms with Gasteiger partial charge in [-0.25, -0.2) is 4.98 Å². The third-order valence-electron chi connectivity index (χ3n) is 1.59. The Balaban J connectivity index is 2.30. The Hall–Kier alpha value is -0.970. The molecule has 0 N–H and O–H groups in total. The minimum absolute atomic E-state index is 0.0229. The SMILES string of the molecule is FC(F)(F)CCCOc1cccnc1Cl. The summed E-state index contributed by atoms with van der Waals surface area (Å²) in [5, 5.41) is 0.157. The number of aromatic nitrogens is 1. The van der Waals surface area contributed by atoms with Crippen molar-refractivity contribution in [1.82, 2.24) is 4.98 Å². The first-order chi connectivity index (χ1) is 6.99. The van der Waals surface area contributed by atoms with E-state index in [-0.39, 0.29) is 18.2 Å².